The second kappa shape index (κ2) is 6.51. The average molecular weight is 332 g/mol. The number of likely N-dealkylation sites (N-methyl/N-ethyl adjacent to an activating group) is 1. The molecule has 0 aliphatic heterocycles. The highest BCUT2D eigenvalue weighted by molar-refractivity contribution is 5.95. The third kappa shape index (κ3) is 4.04. The highest BCUT2D eigenvalue weighted by Gasteiger charge is 2.40. The van der Waals surface area contributed by atoms with Crippen molar-refractivity contribution in [2.24, 2.45) is 0 Å². The zero-order valence-electron chi connectivity index (χ0n) is 13.8. The van der Waals surface area contributed by atoms with Crippen molar-refractivity contribution in [3.63, 3.8) is 0 Å². The van der Waals surface area contributed by atoms with Crippen LogP contribution in [0.2, 0.25) is 0 Å². The molecule has 1 heterocycles. The normalized spacial score (nSPS) is 16.9. The number of nitrogens with one attached hydrogen (secondary N) is 1. The van der Waals surface area contributed by atoms with Gasteiger partial charge in [0, 0.05) is 24.7 Å². The molecule has 1 aromatic rings. The van der Waals surface area contributed by atoms with E-state index in [1.807, 2.05) is 14.0 Å². The SMILES string of the molecule is CC(C)n1ncc(C(=O)NC[C@H](C)N(C)C2CC2)c1C(F)(F)F. The van der Waals surface area contributed by atoms with Crippen LogP contribution in [0, 0.1) is 0 Å². The minimum Gasteiger partial charge on any atom is -0.350 e. The Morgan fingerprint density at radius 2 is 2.04 bits per heavy atom. The number of amides is 1. The summed E-state index contributed by atoms with van der Waals surface area (Å²) < 4.78 is 40.6. The molecule has 1 fully saturated rings. The van der Waals surface area contributed by atoms with Gasteiger partial charge in [-0.05, 0) is 40.7 Å². The van der Waals surface area contributed by atoms with E-state index in [1.54, 1.807) is 13.8 Å². The zero-order valence-corrected chi connectivity index (χ0v) is 13.8. The average Bonchev–Trinajstić information content (AvgIpc) is 3.19. The van der Waals surface area contributed by atoms with Crippen LogP contribution in [0.4, 0.5) is 13.2 Å². The van der Waals surface area contributed by atoms with E-state index in [0.717, 1.165) is 23.7 Å². The summed E-state index contributed by atoms with van der Waals surface area (Å²) in [6.45, 7) is 5.43. The predicted molar refractivity (Wildman–Crippen MR) is 80.2 cm³/mol. The van der Waals surface area contributed by atoms with Crippen molar-refractivity contribution in [3.8, 4) is 0 Å². The van der Waals surface area contributed by atoms with E-state index in [1.165, 1.54) is 0 Å². The van der Waals surface area contributed by atoms with Crippen LogP contribution >= 0.6 is 0 Å². The molecule has 1 amide bonds. The fourth-order valence-corrected chi connectivity index (χ4v) is 2.52. The number of carbonyl (C=O) groups excluding carboxylic acids is 1. The highest BCUT2D eigenvalue weighted by Crippen LogP contribution is 2.33. The summed E-state index contributed by atoms with van der Waals surface area (Å²) in [5.41, 5.74) is -1.42. The fraction of sp³-hybridized carbons (Fsp3) is 0.733. The topological polar surface area (TPSA) is 50.2 Å². The maximum absolute atomic E-state index is 13.3. The molecular weight excluding hydrogens is 309 g/mol. The first-order valence-corrected chi connectivity index (χ1v) is 7.77. The van der Waals surface area contributed by atoms with Gasteiger partial charge in [0.05, 0.1) is 11.8 Å². The van der Waals surface area contributed by atoms with Crippen LogP contribution in [0.1, 0.15) is 55.7 Å². The van der Waals surface area contributed by atoms with E-state index in [4.69, 9.17) is 0 Å². The Balaban J connectivity index is 2.10. The molecular formula is C15H23F3N4O. The predicted octanol–water partition coefficient (Wildman–Crippen LogP) is 2.70. The van der Waals surface area contributed by atoms with Crippen molar-refractivity contribution >= 4 is 5.91 Å². The number of aromatic nitrogens is 2. The molecule has 1 N–H and O–H groups in total. The minimum atomic E-state index is -4.62. The van der Waals surface area contributed by atoms with E-state index in [0.29, 0.717) is 12.6 Å². The second-order valence-corrected chi connectivity index (χ2v) is 6.40. The Hall–Kier alpha value is -1.57. The largest absolute Gasteiger partial charge is 0.433 e. The summed E-state index contributed by atoms with van der Waals surface area (Å²) in [5, 5.41) is 6.32. The lowest BCUT2D eigenvalue weighted by atomic mass is 10.2. The van der Waals surface area contributed by atoms with E-state index < -0.39 is 29.4 Å². The van der Waals surface area contributed by atoms with Crippen LogP contribution in [0.15, 0.2) is 6.20 Å². The molecule has 23 heavy (non-hydrogen) atoms. The van der Waals surface area contributed by atoms with E-state index in [9.17, 15) is 18.0 Å². The molecule has 0 radical (unpaired) electrons. The molecule has 2 rings (SSSR count). The molecule has 1 atom stereocenters. The standard InChI is InChI=1S/C15H23F3N4O/c1-9(2)22-13(15(16,17)18)12(8-20-22)14(23)19-7-10(3)21(4)11-5-6-11/h8-11H,5-7H2,1-4H3,(H,19,23)/t10-/m0/s1. The molecule has 5 nitrogen and oxygen atoms in total. The Bertz CT molecular complexity index is 564. The maximum atomic E-state index is 13.3. The smallest absolute Gasteiger partial charge is 0.350 e. The lowest BCUT2D eigenvalue weighted by Crippen LogP contribution is -2.41. The lowest BCUT2D eigenvalue weighted by Gasteiger charge is -2.24. The third-order valence-corrected chi connectivity index (χ3v) is 4.17. The van der Waals surface area contributed by atoms with Crippen LogP contribution in [-0.2, 0) is 6.18 Å². The number of nitrogens with zero attached hydrogens (tertiary/aromatic N) is 3. The summed E-state index contributed by atoms with van der Waals surface area (Å²) in [6, 6.07) is 0.116. The van der Waals surface area contributed by atoms with Crippen molar-refractivity contribution in [3.05, 3.63) is 17.5 Å². The van der Waals surface area contributed by atoms with E-state index >= 15 is 0 Å². The molecule has 0 unspecified atom stereocenters. The van der Waals surface area contributed by atoms with Gasteiger partial charge in [0.15, 0.2) is 5.69 Å². The molecule has 0 aromatic carbocycles. The molecule has 1 aromatic heterocycles. The Kier molecular flexibility index (Phi) is 5.03. The molecule has 0 spiro atoms. The molecule has 130 valence electrons. The van der Waals surface area contributed by atoms with Gasteiger partial charge in [0.1, 0.15) is 0 Å². The zero-order chi connectivity index (χ0) is 17.4. The third-order valence-electron chi connectivity index (χ3n) is 4.17. The number of alkyl halides is 3. The van der Waals surface area contributed by atoms with E-state index in [2.05, 4.69) is 15.3 Å². The van der Waals surface area contributed by atoms with Gasteiger partial charge in [-0.3, -0.25) is 14.4 Å². The maximum Gasteiger partial charge on any atom is 0.433 e. The van der Waals surface area contributed by atoms with Crippen molar-refractivity contribution < 1.29 is 18.0 Å². The van der Waals surface area contributed by atoms with Crippen LogP contribution < -0.4 is 5.32 Å². The quantitative estimate of drug-likeness (QED) is 0.871. The van der Waals surface area contributed by atoms with Crippen LogP contribution in [0.5, 0.6) is 0 Å². The Morgan fingerprint density at radius 3 is 2.52 bits per heavy atom. The minimum absolute atomic E-state index is 0.0703. The molecule has 0 bridgehead atoms. The number of halogens is 3. The summed E-state index contributed by atoms with van der Waals surface area (Å²) in [6.07, 6.45) is -1.36. The van der Waals surface area contributed by atoms with Gasteiger partial charge in [-0.2, -0.15) is 18.3 Å². The highest BCUT2D eigenvalue weighted by atomic mass is 19.4. The van der Waals surface area contributed by atoms with Gasteiger partial charge in [0.2, 0.25) is 0 Å². The van der Waals surface area contributed by atoms with Crippen molar-refractivity contribution in [1.29, 1.82) is 0 Å². The van der Waals surface area contributed by atoms with Crippen molar-refractivity contribution in [2.45, 2.75) is 57.9 Å². The van der Waals surface area contributed by atoms with Crippen LogP contribution in [-0.4, -0.2) is 46.3 Å². The first kappa shape index (κ1) is 17.8. The first-order chi connectivity index (χ1) is 10.6. The van der Waals surface area contributed by atoms with E-state index in [-0.39, 0.29) is 6.04 Å². The first-order valence-electron chi connectivity index (χ1n) is 7.77. The summed E-state index contributed by atoms with van der Waals surface area (Å²) in [7, 11) is 1.96. The van der Waals surface area contributed by atoms with Crippen LogP contribution in [0.25, 0.3) is 0 Å². The number of carbonyl (C=O) groups is 1. The number of rotatable bonds is 6. The molecule has 1 saturated carbocycles. The monoisotopic (exact) mass is 332 g/mol. The van der Waals surface area contributed by atoms with Crippen molar-refractivity contribution in [1.82, 2.24) is 20.0 Å². The summed E-state index contributed by atoms with van der Waals surface area (Å²) >= 11 is 0. The lowest BCUT2D eigenvalue weighted by molar-refractivity contribution is -0.145. The van der Waals surface area contributed by atoms with Gasteiger partial charge in [0.25, 0.3) is 5.91 Å². The number of hydrogen-bond acceptors (Lipinski definition) is 3. The Morgan fingerprint density at radius 1 is 1.43 bits per heavy atom. The summed E-state index contributed by atoms with van der Waals surface area (Å²) in [4.78, 5) is 14.3. The fourth-order valence-electron chi connectivity index (χ4n) is 2.52. The Labute approximate surface area is 133 Å². The van der Waals surface area contributed by atoms with Gasteiger partial charge >= 0.3 is 6.18 Å². The number of hydrogen-bond donors (Lipinski definition) is 1. The van der Waals surface area contributed by atoms with Crippen LogP contribution in [0.3, 0.4) is 0 Å². The van der Waals surface area contributed by atoms with Gasteiger partial charge in [-0.15, -0.1) is 0 Å². The second-order valence-electron chi connectivity index (χ2n) is 6.40. The van der Waals surface area contributed by atoms with Gasteiger partial charge in [-0.25, -0.2) is 0 Å². The molecule has 0 saturated heterocycles. The molecule has 8 heteroatoms. The van der Waals surface area contributed by atoms with Crippen molar-refractivity contribution in [2.75, 3.05) is 13.6 Å². The van der Waals surface area contributed by atoms with Gasteiger partial charge in [-0.1, -0.05) is 0 Å². The summed E-state index contributed by atoms with van der Waals surface area (Å²) in [5.74, 6) is -0.736. The molecule has 1 aliphatic carbocycles. The molecule has 1 aliphatic rings. The van der Waals surface area contributed by atoms with Gasteiger partial charge < -0.3 is 5.32 Å².